The summed E-state index contributed by atoms with van der Waals surface area (Å²) in [6, 6.07) is 7.36. The van der Waals surface area contributed by atoms with Crippen LogP contribution in [-0.2, 0) is 33.4 Å². The van der Waals surface area contributed by atoms with Crippen LogP contribution in [0.5, 0.6) is 0 Å². The van der Waals surface area contributed by atoms with Crippen LogP contribution in [0.1, 0.15) is 23.6 Å². The molecule has 0 aliphatic heterocycles. The Morgan fingerprint density at radius 1 is 0.968 bits per heavy atom. The van der Waals surface area contributed by atoms with Gasteiger partial charge < -0.3 is 16.4 Å². The van der Waals surface area contributed by atoms with Gasteiger partial charge in [-0.25, -0.2) is 4.39 Å². The fourth-order valence-corrected chi connectivity index (χ4v) is 2.94. The van der Waals surface area contributed by atoms with Crippen LogP contribution in [0.25, 0.3) is 0 Å². The van der Waals surface area contributed by atoms with Gasteiger partial charge in [-0.3, -0.25) is 14.4 Å². The molecule has 0 aliphatic rings. The first-order valence-corrected chi connectivity index (χ1v) is 9.23. The predicted molar refractivity (Wildman–Crippen MR) is 104 cm³/mol. The van der Waals surface area contributed by atoms with Crippen molar-refractivity contribution in [2.45, 2.75) is 38.0 Å². The third kappa shape index (κ3) is 7.09. The molecule has 166 valence electrons. The minimum atomic E-state index is -4.57. The summed E-state index contributed by atoms with van der Waals surface area (Å²) in [6.07, 6.45) is -5.07. The van der Waals surface area contributed by atoms with Crippen molar-refractivity contribution in [2.75, 3.05) is 0 Å². The SMILES string of the molecule is CC(=O)N[C@H](Cc1ccccc1F)C(=O)N[C@H](Cc1cccc(C(F)(F)F)c1)C(N)=O. The lowest BCUT2D eigenvalue weighted by Crippen LogP contribution is -2.54. The summed E-state index contributed by atoms with van der Waals surface area (Å²) in [5.41, 5.74) is 4.69. The fourth-order valence-electron chi connectivity index (χ4n) is 2.94. The Bertz CT molecular complexity index is 963. The van der Waals surface area contributed by atoms with Crippen LogP contribution >= 0.6 is 0 Å². The maximum absolute atomic E-state index is 14.0. The number of hydrogen-bond donors (Lipinski definition) is 3. The summed E-state index contributed by atoms with van der Waals surface area (Å²) in [4.78, 5) is 36.0. The summed E-state index contributed by atoms with van der Waals surface area (Å²) >= 11 is 0. The Hall–Kier alpha value is -3.43. The lowest BCUT2D eigenvalue weighted by atomic mass is 10.0. The second-order valence-electron chi connectivity index (χ2n) is 6.91. The summed E-state index contributed by atoms with van der Waals surface area (Å²) in [7, 11) is 0. The highest BCUT2D eigenvalue weighted by Crippen LogP contribution is 2.29. The Labute approximate surface area is 175 Å². The molecule has 0 fully saturated rings. The van der Waals surface area contributed by atoms with Crippen LogP contribution in [0.3, 0.4) is 0 Å². The van der Waals surface area contributed by atoms with E-state index >= 15 is 0 Å². The molecule has 0 unspecified atom stereocenters. The van der Waals surface area contributed by atoms with Gasteiger partial charge in [0, 0.05) is 19.8 Å². The number of rotatable bonds is 8. The summed E-state index contributed by atoms with van der Waals surface area (Å²) in [5, 5.41) is 4.71. The molecule has 0 bridgehead atoms. The number of nitrogens with two attached hydrogens (primary N) is 1. The number of alkyl halides is 3. The minimum absolute atomic E-state index is 0.129. The zero-order valence-corrected chi connectivity index (χ0v) is 16.5. The number of halogens is 4. The summed E-state index contributed by atoms with van der Waals surface area (Å²) < 4.78 is 52.7. The maximum Gasteiger partial charge on any atom is 0.416 e. The molecule has 0 aliphatic carbocycles. The zero-order valence-electron chi connectivity index (χ0n) is 16.5. The highest BCUT2D eigenvalue weighted by molar-refractivity contribution is 5.91. The Morgan fingerprint density at radius 3 is 2.23 bits per heavy atom. The number of benzene rings is 2. The van der Waals surface area contributed by atoms with Crippen molar-refractivity contribution in [3.05, 3.63) is 71.0 Å². The van der Waals surface area contributed by atoms with E-state index in [4.69, 9.17) is 5.73 Å². The quantitative estimate of drug-likeness (QED) is 0.549. The Kier molecular flexibility index (Phi) is 7.73. The lowest BCUT2D eigenvalue weighted by Gasteiger charge is -2.22. The highest BCUT2D eigenvalue weighted by Gasteiger charge is 2.31. The predicted octanol–water partition coefficient (Wildman–Crippen LogP) is 2.10. The van der Waals surface area contributed by atoms with Crippen LogP contribution in [-0.4, -0.2) is 29.8 Å². The number of hydrogen-bond acceptors (Lipinski definition) is 3. The molecular formula is C21H21F4N3O3. The van der Waals surface area contributed by atoms with E-state index in [1.165, 1.54) is 30.3 Å². The molecule has 4 N–H and O–H groups in total. The van der Waals surface area contributed by atoms with Crippen molar-refractivity contribution in [2.24, 2.45) is 5.73 Å². The van der Waals surface area contributed by atoms with Crippen molar-refractivity contribution in [1.29, 1.82) is 0 Å². The first-order valence-electron chi connectivity index (χ1n) is 9.23. The average molecular weight is 439 g/mol. The molecule has 0 aromatic heterocycles. The lowest BCUT2D eigenvalue weighted by molar-refractivity contribution is -0.137. The van der Waals surface area contributed by atoms with Crippen molar-refractivity contribution < 1.29 is 31.9 Å². The molecule has 0 heterocycles. The van der Waals surface area contributed by atoms with Gasteiger partial charge in [-0.1, -0.05) is 36.4 Å². The largest absolute Gasteiger partial charge is 0.416 e. The highest BCUT2D eigenvalue weighted by atomic mass is 19.4. The maximum atomic E-state index is 14.0. The van der Waals surface area contributed by atoms with E-state index < -0.39 is 47.4 Å². The minimum Gasteiger partial charge on any atom is -0.368 e. The van der Waals surface area contributed by atoms with E-state index in [1.54, 1.807) is 6.07 Å². The van der Waals surface area contributed by atoms with Gasteiger partial charge in [-0.15, -0.1) is 0 Å². The van der Waals surface area contributed by atoms with Crippen molar-refractivity contribution >= 4 is 17.7 Å². The molecule has 0 saturated heterocycles. The van der Waals surface area contributed by atoms with E-state index in [0.717, 1.165) is 19.1 Å². The van der Waals surface area contributed by atoms with Gasteiger partial charge in [0.1, 0.15) is 17.9 Å². The fraction of sp³-hybridized carbons (Fsp3) is 0.286. The molecule has 2 aromatic carbocycles. The zero-order chi connectivity index (χ0) is 23.2. The van der Waals surface area contributed by atoms with Gasteiger partial charge in [0.15, 0.2) is 0 Å². The number of nitrogens with one attached hydrogen (secondary N) is 2. The average Bonchev–Trinajstić information content (AvgIpc) is 2.67. The normalized spacial score (nSPS) is 13.2. The summed E-state index contributed by atoms with van der Waals surface area (Å²) in [6.45, 7) is 1.16. The summed E-state index contributed by atoms with van der Waals surface area (Å²) in [5.74, 6) is -2.95. The molecule has 0 radical (unpaired) electrons. The number of amides is 3. The van der Waals surface area contributed by atoms with Crippen molar-refractivity contribution in [3.63, 3.8) is 0 Å². The molecule has 2 rings (SSSR count). The van der Waals surface area contributed by atoms with Crippen molar-refractivity contribution in [1.82, 2.24) is 10.6 Å². The monoisotopic (exact) mass is 439 g/mol. The molecule has 2 atom stereocenters. The van der Waals surface area contributed by atoms with Gasteiger partial charge in [0.2, 0.25) is 17.7 Å². The second kappa shape index (κ2) is 10.1. The molecule has 0 saturated carbocycles. The Morgan fingerprint density at radius 2 is 1.65 bits per heavy atom. The van der Waals surface area contributed by atoms with Crippen LogP contribution in [0.2, 0.25) is 0 Å². The van der Waals surface area contributed by atoms with Crippen LogP contribution in [0, 0.1) is 5.82 Å². The van der Waals surface area contributed by atoms with E-state index in [0.29, 0.717) is 0 Å². The molecule has 0 spiro atoms. The first-order chi connectivity index (χ1) is 14.5. The Balaban J connectivity index is 2.19. The van der Waals surface area contributed by atoms with Crippen LogP contribution < -0.4 is 16.4 Å². The van der Waals surface area contributed by atoms with E-state index in [-0.39, 0.29) is 24.0 Å². The van der Waals surface area contributed by atoms with Gasteiger partial charge >= 0.3 is 6.18 Å². The van der Waals surface area contributed by atoms with E-state index in [9.17, 15) is 31.9 Å². The first kappa shape index (κ1) is 23.8. The third-order valence-corrected chi connectivity index (χ3v) is 4.43. The molecule has 10 heteroatoms. The number of primary amides is 1. The number of carbonyl (C=O) groups is 3. The standard InChI is InChI=1S/C21H21F4N3O3/c1-12(29)27-18(11-14-6-2-3-8-16(14)22)20(31)28-17(19(26)30)10-13-5-4-7-15(9-13)21(23,24)25/h2-9,17-18H,10-11H2,1H3,(H2,26,30)(H,27,29)(H,28,31)/t17-,18-/m1/s1. The molecule has 3 amide bonds. The molecular weight excluding hydrogens is 418 g/mol. The van der Waals surface area contributed by atoms with E-state index in [2.05, 4.69) is 10.6 Å². The van der Waals surface area contributed by atoms with Gasteiger partial charge in [-0.05, 0) is 23.3 Å². The van der Waals surface area contributed by atoms with Crippen LogP contribution in [0.15, 0.2) is 48.5 Å². The van der Waals surface area contributed by atoms with Gasteiger partial charge in [0.25, 0.3) is 0 Å². The van der Waals surface area contributed by atoms with Gasteiger partial charge in [-0.2, -0.15) is 13.2 Å². The second-order valence-corrected chi connectivity index (χ2v) is 6.91. The topological polar surface area (TPSA) is 101 Å². The molecule has 6 nitrogen and oxygen atoms in total. The van der Waals surface area contributed by atoms with Crippen molar-refractivity contribution in [3.8, 4) is 0 Å². The number of carbonyl (C=O) groups excluding carboxylic acids is 3. The molecule has 31 heavy (non-hydrogen) atoms. The van der Waals surface area contributed by atoms with Gasteiger partial charge in [0.05, 0.1) is 5.56 Å². The van der Waals surface area contributed by atoms with Crippen LogP contribution in [0.4, 0.5) is 17.6 Å². The molecule has 2 aromatic rings. The third-order valence-electron chi connectivity index (χ3n) is 4.43. The smallest absolute Gasteiger partial charge is 0.368 e. The van der Waals surface area contributed by atoms with E-state index in [1.807, 2.05) is 0 Å².